The lowest BCUT2D eigenvalue weighted by Gasteiger charge is -1.99. The fourth-order valence-electron chi connectivity index (χ4n) is 1.20. The first-order valence-corrected chi connectivity index (χ1v) is 5.35. The molecule has 0 aliphatic carbocycles. The maximum absolute atomic E-state index is 9.56. The molecule has 0 atom stereocenters. The van der Waals surface area contributed by atoms with E-state index in [1.54, 1.807) is 6.07 Å². The third-order valence-electron chi connectivity index (χ3n) is 2.10. The molecule has 0 saturated carbocycles. The van der Waals surface area contributed by atoms with Gasteiger partial charge in [0.2, 0.25) is 0 Å². The minimum absolute atomic E-state index is 0.275. The second-order valence-corrected chi connectivity index (χ2v) is 4.27. The minimum atomic E-state index is 0.275. The summed E-state index contributed by atoms with van der Waals surface area (Å²) >= 11 is 1.44. The molecule has 0 bridgehead atoms. The Morgan fingerprint density at radius 3 is 2.80 bits per heavy atom. The van der Waals surface area contributed by atoms with Gasteiger partial charge in [-0.1, -0.05) is 23.5 Å². The van der Waals surface area contributed by atoms with Gasteiger partial charge in [-0.15, -0.1) is 10.2 Å². The summed E-state index contributed by atoms with van der Waals surface area (Å²) < 4.78 is 0. The summed E-state index contributed by atoms with van der Waals surface area (Å²) in [5.41, 5.74) is 7.17. The highest BCUT2D eigenvalue weighted by Crippen LogP contribution is 2.27. The molecular weight excluding hydrogens is 210 g/mol. The molecule has 1 aromatic heterocycles. The number of phenolic OH excluding ortho intramolecular Hbond substituents is 1. The van der Waals surface area contributed by atoms with E-state index in [2.05, 4.69) is 10.2 Å². The number of rotatable bonds is 2. The minimum Gasteiger partial charge on any atom is -0.508 e. The van der Waals surface area contributed by atoms with Gasteiger partial charge in [0, 0.05) is 12.1 Å². The van der Waals surface area contributed by atoms with Crippen LogP contribution in [0.3, 0.4) is 0 Å². The van der Waals surface area contributed by atoms with Crippen LogP contribution in [0.25, 0.3) is 10.6 Å². The van der Waals surface area contributed by atoms with Crippen LogP contribution in [0.1, 0.15) is 10.6 Å². The molecule has 2 aromatic rings. The van der Waals surface area contributed by atoms with Gasteiger partial charge in [-0.2, -0.15) is 0 Å². The van der Waals surface area contributed by atoms with Gasteiger partial charge in [-0.05, 0) is 18.6 Å². The van der Waals surface area contributed by atoms with Crippen molar-refractivity contribution >= 4 is 11.3 Å². The van der Waals surface area contributed by atoms with Crippen LogP contribution >= 0.6 is 11.3 Å². The van der Waals surface area contributed by atoms with Crippen LogP contribution in [0.2, 0.25) is 0 Å². The van der Waals surface area contributed by atoms with E-state index in [1.807, 2.05) is 19.1 Å². The number of benzene rings is 1. The maximum atomic E-state index is 9.56. The van der Waals surface area contributed by atoms with Crippen LogP contribution in [0.15, 0.2) is 18.2 Å². The molecular formula is C10H11N3OS. The van der Waals surface area contributed by atoms with Gasteiger partial charge in [-0.25, -0.2) is 0 Å². The Bertz CT molecular complexity index is 481. The Morgan fingerprint density at radius 2 is 2.20 bits per heavy atom. The topological polar surface area (TPSA) is 72.0 Å². The SMILES string of the molecule is Cc1ccc(-c2nnc(CN)s2)cc1O. The van der Waals surface area contributed by atoms with Crippen molar-refractivity contribution in [2.75, 3.05) is 0 Å². The number of aromatic nitrogens is 2. The highest BCUT2D eigenvalue weighted by atomic mass is 32.1. The summed E-state index contributed by atoms with van der Waals surface area (Å²) in [6.45, 7) is 2.25. The standard InChI is InChI=1S/C10H11N3OS/c1-6-2-3-7(4-8(6)14)10-13-12-9(5-11)15-10/h2-4,14H,5,11H2,1H3. The number of nitrogens with zero attached hydrogens (tertiary/aromatic N) is 2. The number of aryl methyl sites for hydroxylation is 1. The first-order chi connectivity index (χ1) is 7.20. The zero-order chi connectivity index (χ0) is 10.8. The molecule has 0 saturated heterocycles. The summed E-state index contributed by atoms with van der Waals surface area (Å²) in [6, 6.07) is 5.46. The smallest absolute Gasteiger partial charge is 0.147 e. The van der Waals surface area contributed by atoms with Crippen LogP contribution in [0, 0.1) is 6.92 Å². The Hall–Kier alpha value is -1.46. The Balaban J connectivity index is 2.40. The lowest BCUT2D eigenvalue weighted by Crippen LogP contribution is -1.94. The normalized spacial score (nSPS) is 10.5. The van der Waals surface area contributed by atoms with Crippen molar-refractivity contribution in [3.63, 3.8) is 0 Å². The first kappa shape index (κ1) is 10.1. The Kier molecular flexibility index (Phi) is 2.66. The molecule has 1 heterocycles. The first-order valence-electron chi connectivity index (χ1n) is 4.53. The average Bonchev–Trinajstić information content (AvgIpc) is 2.70. The zero-order valence-electron chi connectivity index (χ0n) is 8.27. The Morgan fingerprint density at radius 1 is 1.40 bits per heavy atom. The van der Waals surface area contributed by atoms with Crippen molar-refractivity contribution in [2.45, 2.75) is 13.5 Å². The second kappa shape index (κ2) is 3.96. The highest BCUT2D eigenvalue weighted by molar-refractivity contribution is 7.14. The van der Waals surface area contributed by atoms with Crippen molar-refractivity contribution in [1.82, 2.24) is 10.2 Å². The number of hydrogen-bond donors (Lipinski definition) is 2. The largest absolute Gasteiger partial charge is 0.508 e. The molecule has 0 aliphatic rings. The van der Waals surface area contributed by atoms with E-state index >= 15 is 0 Å². The van der Waals surface area contributed by atoms with Crippen LogP contribution in [0.5, 0.6) is 5.75 Å². The highest BCUT2D eigenvalue weighted by Gasteiger charge is 2.06. The second-order valence-electron chi connectivity index (χ2n) is 3.21. The van der Waals surface area contributed by atoms with Crippen molar-refractivity contribution < 1.29 is 5.11 Å². The number of phenols is 1. The molecule has 0 unspecified atom stereocenters. The van der Waals surface area contributed by atoms with Gasteiger partial charge in [0.1, 0.15) is 15.8 Å². The fourth-order valence-corrected chi connectivity index (χ4v) is 1.91. The maximum Gasteiger partial charge on any atom is 0.147 e. The summed E-state index contributed by atoms with van der Waals surface area (Å²) in [5, 5.41) is 19.1. The van der Waals surface area contributed by atoms with E-state index in [9.17, 15) is 5.11 Å². The van der Waals surface area contributed by atoms with E-state index < -0.39 is 0 Å². The number of hydrogen-bond acceptors (Lipinski definition) is 5. The summed E-state index contributed by atoms with van der Waals surface area (Å²) in [4.78, 5) is 0. The third kappa shape index (κ3) is 1.98. The van der Waals surface area contributed by atoms with Gasteiger partial charge < -0.3 is 10.8 Å². The van der Waals surface area contributed by atoms with E-state index in [0.29, 0.717) is 6.54 Å². The molecule has 0 amide bonds. The molecule has 15 heavy (non-hydrogen) atoms. The molecule has 4 nitrogen and oxygen atoms in total. The van der Waals surface area contributed by atoms with Crippen LogP contribution in [-0.4, -0.2) is 15.3 Å². The number of nitrogens with two attached hydrogens (primary N) is 1. The van der Waals surface area contributed by atoms with Gasteiger partial charge in [0.05, 0.1) is 0 Å². The number of aromatic hydroxyl groups is 1. The van der Waals surface area contributed by atoms with Crippen LogP contribution < -0.4 is 5.73 Å². The average molecular weight is 221 g/mol. The summed E-state index contributed by atoms with van der Waals surface area (Å²) in [6.07, 6.45) is 0. The van der Waals surface area contributed by atoms with Crippen LogP contribution in [-0.2, 0) is 6.54 Å². The van der Waals surface area contributed by atoms with Gasteiger partial charge in [0.25, 0.3) is 0 Å². The molecule has 5 heteroatoms. The predicted molar refractivity (Wildman–Crippen MR) is 59.6 cm³/mol. The molecule has 1 aromatic carbocycles. The van der Waals surface area contributed by atoms with Gasteiger partial charge in [-0.3, -0.25) is 0 Å². The monoisotopic (exact) mass is 221 g/mol. The van der Waals surface area contributed by atoms with E-state index in [1.165, 1.54) is 11.3 Å². The van der Waals surface area contributed by atoms with Crippen molar-refractivity contribution in [2.24, 2.45) is 5.73 Å². The summed E-state index contributed by atoms with van der Waals surface area (Å²) in [5.74, 6) is 0.275. The lowest BCUT2D eigenvalue weighted by molar-refractivity contribution is 0.471. The van der Waals surface area contributed by atoms with E-state index in [4.69, 9.17) is 5.73 Å². The Labute approximate surface area is 91.4 Å². The quantitative estimate of drug-likeness (QED) is 0.809. The van der Waals surface area contributed by atoms with Gasteiger partial charge in [0.15, 0.2) is 0 Å². The molecule has 0 fully saturated rings. The van der Waals surface area contributed by atoms with E-state index in [-0.39, 0.29) is 5.75 Å². The van der Waals surface area contributed by atoms with Crippen molar-refractivity contribution in [1.29, 1.82) is 0 Å². The van der Waals surface area contributed by atoms with Crippen LogP contribution in [0.4, 0.5) is 0 Å². The molecule has 0 spiro atoms. The molecule has 0 radical (unpaired) electrons. The van der Waals surface area contributed by atoms with Crippen molar-refractivity contribution in [3.8, 4) is 16.3 Å². The van der Waals surface area contributed by atoms with Gasteiger partial charge >= 0.3 is 0 Å². The van der Waals surface area contributed by atoms with E-state index in [0.717, 1.165) is 21.1 Å². The summed E-state index contributed by atoms with van der Waals surface area (Å²) in [7, 11) is 0. The molecule has 3 N–H and O–H groups in total. The fraction of sp³-hybridized carbons (Fsp3) is 0.200. The zero-order valence-corrected chi connectivity index (χ0v) is 9.08. The molecule has 2 rings (SSSR count). The molecule has 0 aliphatic heterocycles. The van der Waals surface area contributed by atoms with Crippen molar-refractivity contribution in [3.05, 3.63) is 28.8 Å². The third-order valence-corrected chi connectivity index (χ3v) is 3.09. The predicted octanol–water partition coefficient (Wildman–Crippen LogP) is 1.68. The lowest BCUT2D eigenvalue weighted by atomic mass is 10.1. The molecule has 78 valence electrons.